The average Bonchev–Trinajstić information content (AvgIpc) is 2.69. The molecule has 1 aromatic rings. The summed E-state index contributed by atoms with van der Waals surface area (Å²) < 4.78 is 12.2. The molecule has 2 heterocycles. The Balaban J connectivity index is 2.08. The summed E-state index contributed by atoms with van der Waals surface area (Å²) in [5, 5.41) is 0. The molecule has 1 amide bonds. The lowest BCUT2D eigenvalue weighted by Crippen LogP contribution is -2.38. The molecule has 7 heteroatoms. The molecular formula is C15H23N3O4. The fourth-order valence-electron chi connectivity index (χ4n) is 2.31. The number of esters is 1. The Morgan fingerprint density at radius 3 is 2.64 bits per heavy atom. The monoisotopic (exact) mass is 309 g/mol. The van der Waals surface area contributed by atoms with Crippen molar-refractivity contribution < 1.29 is 19.1 Å². The van der Waals surface area contributed by atoms with Crippen LogP contribution in [-0.4, -0.2) is 51.8 Å². The van der Waals surface area contributed by atoms with E-state index in [-0.39, 0.29) is 12.1 Å². The van der Waals surface area contributed by atoms with Crippen molar-refractivity contribution >= 4 is 12.1 Å². The van der Waals surface area contributed by atoms with Gasteiger partial charge >= 0.3 is 12.1 Å². The zero-order valence-electron chi connectivity index (χ0n) is 13.6. The van der Waals surface area contributed by atoms with Crippen molar-refractivity contribution in [3.8, 4) is 0 Å². The Morgan fingerprint density at radius 2 is 2.00 bits per heavy atom. The van der Waals surface area contributed by atoms with Crippen LogP contribution in [0.5, 0.6) is 0 Å². The first-order valence-corrected chi connectivity index (χ1v) is 7.51. The number of fused-ring (bicyclic) bond motifs is 1. The molecule has 0 atom stereocenters. The van der Waals surface area contributed by atoms with Crippen LogP contribution in [0, 0.1) is 0 Å². The highest BCUT2D eigenvalue weighted by Crippen LogP contribution is 2.15. The molecule has 0 N–H and O–H groups in total. The third-order valence-corrected chi connectivity index (χ3v) is 3.27. The predicted molar refractivity (Wildman–Crippen MR) is 79.7 cm³/mol. The number of rotatable bonds is 2. The normalized spacial score (nSPS) is 15.0. The first-order chi connectivity index (χ1) is 10.3. The minimum Gasteiger partial charge on any atom is -0.461 e. The molecule has 0 saturated carbocycles. The van der Waals surface area contributed by atoms with Gasteiger partial charge in [-0.1, -0.05) is 0 Å². The van der Waals surface area contributed by atoms with Crippen LogP contribution in [0.3, 0.4) is 0 Å². The van der Waals surface area contributed by atoms with Crippen LogP contribution < -0.4 is 0 Å². The SMILES string of the molecule is CCOC(=O)c1cnc2n1CCN(C(=O)OC(C)(C)C)CC2. The quantitative estimate of drug-likeness (QED) is 0.780. The van der Waals surface area contributed by atoms with Crippen LogP contribution >= 0.6 is 0 Å². The van der Waals surface area contributed by atoms with Crippen LogP contribution in [0.15, 0.2) is 6.20 Å². The van der Waals surface area contributed by atoms with Gasteiger partial charge in [0.2, 0.25) is 0 Å². The second kappa shape index (κ2) is 6.37. The third-order valence-electron chi connectivity index (χ3n) is 3.27. The first-order valence-electron chi connectivity index (χ1n) is 7.51. The number of amides is 1. The molecule has 7 nitrogen and oxygen atoms in total. The number of ether oxygens (including phenoxy) is 2. The average molecular weight is 309 g/mol. The van der Waals surface area contributed by atoms with Crippen LogP contribution in [0.25, 0.3) is 0 Å². The number of imidazole rings is 1. The molecule has 22 heavy (non-hydrogen) atoms. The van der Waals surface area contributed by atoms with Crippen LogP contribution in [0.4, 0.5) is 4.79 Å². The van der Waals surface area contributed by atoms with E-state index in [2.05, 4.69) is 4.98 Å². The van der Waals surface area contributed by atoms with E-state index in [1.807, 2.05) is 25.3 Å². The molecule has 2 rings (SSSR count). The van der Waals surface area contributed by atoms with Crippen molar-refractivity contribution in [3.63, 3.8) is 0 Å². The molecule has 1 aliphatic heterocycles. The topological polar surface area (TPSA) is 73.7 Å². The molecule has 0 radical (unpaired) electrons. The van der Waals surface area contributed by atoms with E-state index in [1.54, 1.807) is 11.8 Å². The highest BCUT2D eigenvalue weighted by molar-refractivity contribution is 5.87. The molecule has 0 fully saturated rings. The number of carbonyl (C=O) groups is 2. The fourth-order valence-corrected chi connectivity index (χ4v) is 2.31. The van der Waals surface area contributed by atoms with Gasteiger partial charge in [-0.2, -0.15) is 0 Å². The molecule has 122 valence electrons. The largest absolute Gasteiger partial charge is 0.461 e. The molecule has 0 bridgehead atoms. The molecule has 0 aromatic carbocycles. The lowest BCUT2D eigenvalue weighted by molar-refractivity contribution is 0.0254. The maximum absolute atomic E-state index is 12.1. The summed E-state index contributed by atoms with van der Waals surface area (Å²) in [6, 6.07) is 0. The molecule has 0 unspecified atom stereocenters. The summed E-state index contributed by atoms with van der Waals surface area (Å²) in [5.74, 6) is 0.404. The number of aromatic nitrogens is 2. The van der Waals surface area contributed by atoms with Gasteiger partial charge in [-0.15, -0.1) is 0 Å². The van der Waals surface area contributed by atoms with E-state index in [0.717, 1.165) is 5.82 Å². The molecule has 1 aliphatic rings. The van der Waals surface area contributed by atoms with Crippen molar-refractivity contribution in [2.75, 3.05) is 19.7 Å². The second-order valence-electron chi connectivity index (χ2n) is 6.15. The smallest absolute Gasteiger partial charge is 0.410 e. The van der Waals surface area contributed by atoms with Gasteiger partial charge in [0, 0.05) is 26.1 Å². The third kappa shape index (κ3) is 3.78. The lowest BCUT2D eigenvalue weighted by Gasteiger charge is -2.26. The lowest BCUT2D eigenvalue weighted by atomic mass is 10.2. The van der Waals surface area contributed by atoms with Gasteiger partial charge in [-0.05, 0) is 27.7 Å². The van der Waals surface area contributed by atoms with Crippen molar-refractivity contribution in [2.45, 2.75) is 46.3 Å². The Kier molecular flexibility index (Phi) is 4.73. The maximum Gasteiger partial charge on any atom is 0.410 e. The van der Waals surface area contributed by atoms with Crippen molar-refractivity contribution in [2.24, 2.45) is 0 Å². The van der Waals surface area contributed by atoms with Crippen molar-refractivity contribution in [3.05, 3.63) is 17.7 Å². The minimum atomic E-state index is -0.521. The Bertz CT molecular complexity index is 560. The number of hydrogen-bond donors (Lipinski definition) is 0. The summed E-state index contributed by atoms with van der Waals surface area (Å²) in [4.78, 5) is 30.0. The highest BCUT2D eigenvalue weighted by Gasteiger charge is 2.26. The number of nitrogens with zero attached hydrogens (tertiary/aromatic N) is 3. The molecular weight excluding hydrogens is 286 g/mol. The van der Waals surface area contributed by atoms with Gasteiger partial charge < -0.3 is 18.9 Å². The second-order valence-corrected chi connectivity index (χ2v) is 6.15. The summed E-state index contributed by atoms with van der Waals surface area (Å²) in [7, 11) is 0. The van der Waals surface area contributed by atoms with Crippen LogP contribution in [0.2, 0.25) is 0 Å². The van der Waals surface area contributed by atoms with E-state index in [9.17, 15) is 9.59 Å². The molecule has 0 saturated heterocycles. The standard InChI is InChI=1S/C15H23N3O4/c1-5-21-13(19)11-10-16-12-6-7-17(8-9-18(11)12)14(20)22-15(2,3)4/h10H,5-9H2,1-4H3. The summed E-state index contributed by atoms with van der Waals surface area (Å²) >= 11 is 0. The van der Waals surface area contributed by atoms with E-state index in [1.165, 1.54) is 6.20 Å². The van der Waals surface area contributed by atoms with Crippen molar-refractivity contribution in [1.29, 1.82) is 0 Å². The molecule has 0 spiro atoms. The van der Waals surface area contributed by atoms with Gasteiger partial charge in [0.15, 0.2) is 0 Å². The number of carbonyl (C=O) groups excluding carboxylic acids is 2. The molecule has 1 aromatic heterocycles. The Hall–Kier alpha value is -2.05. The fraction of sp³-hybridized carbons (Fsp3) is 0.667. The summed E-state index contributed by atoms with van der Waals surface area (Å²) in [6.45, 7) is 9.11. The van der Waals surface area contributed by atoms with Gasteiger partial charge in [0.1, 0.15) is 17.1 Å². The van der Waals surface area contributed by atoms with Gasteiger partial charge in [-0.25, -0.2) is 14.6 Å². The van der Waals surface area contributed by atoms with Gasteiger partial charge in [-0.3, -0.25) is 0 Å². The van der Waals surface area contributed by atoms with E-state index < -0.39 is 5.60 Å². The predicted octanol–water partition coefficient (Wildman–Crippen LogP) is 1.85. The highest BCUT2D eigenvalue weighted by atomic mass is 16.6. The van der Waals surface area contributed by atoms with Crippen LogP contribution in [-0.2, 0) is 22.4 Å². The summed E-state index contributed by atoms with van der Waals surface area (Å²) in [5.41, 5.74) is -0.0875. The minimum absolute atomic E-state index is 0.323. The summed E-state index contributed by atoms with van der Waals surface area (Å²) in [6.07, 6.45) is 1.78. The van der Waals surface area contributed by atoms with E-state index in [0.29, 0.717) is 38.4 Å². The Morgan fingerprint density at radius 1 is 1.27 bits per heavy atom. The number of hydrogen-bond acceptors (Lipinski definition) is 5. The Labute approximate surface area is 130 Å². The van der Waals surface area contributed by atoms with E-state index >= 15 is 0 Å². The maximum atomic E-state index is 12.1. The van der Waals surface area contributed by atoms with E-state index in [4.69, 9.17) is 9.47 Å². The first kappa shape index (κ1) is 16.3. The zero-order valence-corrected chi connectivity index (χ0v) is 13.6. The van der Waals surface area contributed by atoms with Gasteiger partial charge in [0.05, 0.1) is 12.8 Å². The van der Waals surface area contributed by atoms with Gasteiger partial charge in [0.25, 0.3) is 0 Å². The van der Waals surface area contributed by atoms with Crippen LogP contribution in [0.1, 0.15) is 44.0 Å². The van der Waals surface area contributed by atoms with Crippen molar-refractivity contribution in [1.82, 2.24) is 14.5 Å². The zero-order chi connectivity index (χ0) is 16.3. The molecule has 0 aliphatic carbocycles.